The zero-order valence-electron chi connectivity index (χ0n) is 13.9. The summed E-state index contributed by atoms with van der Waals surface area (Å²) < 4.78 is 31.4. The van der Waals surface area contributed by atoms with Gasteiger partial charge in [0, 0.05) is 33.4 Å². The molecule has 7 heteroatoms. The van der Waals surface area contributed by atoms with E-state index in [2.05, 4.69) is 15.6 Å². The molecule has 0 fully saturated rings. The topological polar surface area (TPSA) is 45.6 Å². The summed E-state index contributed by atoms with van der Waals surface area (Å²) in [7, 11) is 1.69. The van der Waals surface area contributed by atoms with Crippen molar-refractivity contribution in [2.75, 3.05) is 33.4 Å². The van der Waals surface area contributed by atoms with Crippen LogP contribution in [0.15, 0.2) is 23.2 Å². The van der Waals surface area contributed by atoms with Crippen LogP contribution < -0.4 is 10.6 Å². The van der Waals surface area contributed by atoms with Crippen LogP contribution in [0.2, 0.25) is 0 Å². The minimum Gasteiger partial charge on any atom is -0.382 e. The van der Waals surface area contributed by atoms with Crippen LogP contribution in [0.1, 0.15) is 31.7 Å². The molecule has 1 aromatic carbocycles. The van der Waals surface area contributed by atoms with E-state index in [0.717, 1.165) is 31.2 Å². The van der Waals surface area contributed by atoms with E-state index in [-0.39, 0.29) is 29.9 Å². The number of nitrogens with zero attached hydrogens (tertiary/aromatic N) is 1. The van der Waals surface area contributed by atoms with Gasteiger partial charge in [-0.2, -0.15) is 0 Å². The molecule has 132 valence electrons. The average Bonchev–Trinajstić information content (AvgIpc) is 2.52. The van der Waals surface area contributed by atoms with Gasteiger partial charge in [-0.3, -0.25) is 4.99 Å². The molecule has 1 atom stereocenters. The fourth-order valence-electron chi connectivity index (χ4n) is 1.93. The summed E-state index contributed by atoms with van der Waals surface area (Å²) in [6, 6.07) is 3.99. The van der Waals surface area contributed by atoms with Gasteiger partial charge in [0.2, 0.25) is 0 Å². The summed E-state index contributed by atoms with van der Waals surface area (Å²) in [6.45, 7) is 6.69. The lowest BCUT2D eigenvalue weighted by molar-refractivity contribution is 0.145. The predicted octanol–water partition coefficient (Wildman–Crippen LogP) is 3.28. The van der Waals surface area contributed by atoms with E-state index in [1.165, 1.54) is 6.07 Å². The van der Waals surface area contributed by atoms with Crippen LogP contribution in [0.5, 0.6) is 0 Å². The van der Waals surface area contributed by atoms with Crippen molar-refractivity contribution in [1.29, 1.82) is 0 Å². The number of hydrogen-bond acceptors (Lipinski definition) is 2. The minimum absolute atomic E-state index is 0. The summed E-state index contributed by atoms with van der Waals surface area (Å²) in [5.41, 5.74) is 0.748. The van der Waals surface area contributed by atoms with Crippen molar-refractivity contribution < 1.29 is 13.5 Å². The molecule has 0 bridgehead atoms. The van der Waals surface area contributed by atoms with Crippen molar-refractivity contribution in [2.24, 2.45) is 4.99 Å². The first-order valence-corrected chi connectivity index (χ1v) is 7.55. The summed E-state index contributed by atoms with van der Waals surface area (Å²) in [5.74, 6) is -0.915. The van der Waals surface area contributed by atoms with Gasteiger partial charge in [-0.15, -0.1) is 24.0 Å². The Morgan fingerprint density at radius 1 is 1.26 bits per heavy atom. The lowest BCUT2D eigenvalue weighted by atomic mass is 10.0. The van der Waals surface area contributed by atoms with Crippen LogP contribution in [0, 0.1) is 11.6 Å². The van der Waals surface area contributed by atoms with Crippen molar-refractivity contribution >= 4 is 29.9 Å². The summed E-state index contributed by atoms with van der Waals surface area (Å²) in [4.78, 5) is 4.12. The van der Waals surface area contributed by atoms with E-state index in [4.69, 9.17) is 4.74 Å². The maximum Gasteiger partial charge on any atom is 0.190 e. The second kappa shape index (κ2) is 12.5. The Bertz CT molecular complexity index is 486. The largest absolute Gasteiger partial charge is 0.382 e. The molecule has 1 rings (SSSR count). The Hall–Kier alpha value is -0.960. The third kappa shape index (κ3) is 8.45. The first kappa shape index (κ1) is 22.0. The molecule has 1 unspecified atom stereocenters. The van der Waals surface area contributed by atoms with Gasteiger partial charge in [0.25, 0.3) is 0 Å². The van der Waals surface area contributed by atoms with E-state index in [1.807, 2.05) is 13.8 Å². The fourth-order valence-corrected chi connectivity index (χ4v) is 1.93. The SMILES string of the molecule is CCOCCCNC(=NC)NCC(C)c1ccc(F)c(F)c1.I. The van der Waals surface area contributed by atoms with Crippen molar-refractivity contribution in [3.63, 3.8) is 0 Å². The summed E-state index contributed by atoms with van der Waals surface area (Å²) in [5, 5.41) is 6.35. The second-order valence-electron chi connectivity index (χ2n) is 5.00. The van der Waals surface area contributed by atoms with E-state index < -0.39 is 11.6 Å². The third-order valence-electron chi connectivity index (χ3n) is 3.27. The second-order valence-corrected chi connectivity index (χ2v) is 5.00. The number of guanidine groups is 1. The van der Waals surface area contributed by atoms with Crippen molar-refractivity contribution in [3.05, 3.63) is 35.4 Å². The highest BCUT2D eigenvalue weighted by Gasteiger charge is 2.10. The van der Waals surface area contributed by atoms with Crippen LogP contribution in [0.25, 0.3) is 0 Å². The number of nitrogens with one attached hydrogen (secondary N) is 2. The Kier molecular flexibility index (Phi) is 11.9. The highest BCUT2D eigenvalue weighted by atomic mass is 127. The van der Waals surface area contributed by atoms with Gasteiger partial charge in [-0.25, -0.2) is 8.78 Å². The molecule has 0 aromatic heterocycles. The highest BCUT2D eigenvalue weighted by molar-refractivity contribution is 14.0. The Labute approximate surface area is 154 Å². The third-order valence-corrected chi connectivity index (χ3v) is 3.27. The normalized spacial score (nSPS) is 12.5. The highest BCUT2D eigenvalue weighted by Crippen LogP contribution is 2.17. The number of benzene rings is 1. The number of aliphatic imine (C=N–C) groups is 1. The molecule has 1 aromatic rings. The van der Waals surface area contributed by atoms with Crippen molar-refractivity contribution in [3.8, 4) is 0 Å². The van der Waals surface area contributed by atoms with Gasteiger partial charge in [0.1, 0.15) is 0 Å². The predicted molar refractivity (Wildman–Crippen MR) is 101 cm³/mol. The number of ether oxygens (including phenoxy) is 1. The molecular formula is C16H26F2IN3O. The first-order chi connectivity index (χ1) is 10.6. The van der Waals surface area contributed by atoms with Gasteiger partial charge >= 0.3 is 0 Å². The molecule has 0 spiro atoms. The van der Waals surface area contributed by atoms with Gasteiger partial charge in [-0.05, 0) is 37.0 Å². The molecule has 4 nitrogen and oxygen atoms in total. The fraction of sp³-hybridized carbons (Fsp3) is 0.562. The van der Waals surface area contributed by atoms with Gasteiger partial charge in [0.15, 0.2) is 17.6 Å². The first-order valence-electron chi connectivity index (χ1n) is 7.55. The van der Waals surface area contributed by atoms with E-state index in [0.29, 0.717) is 19.1 Å². The zero-order chi connectivity index (χ0) is 16.4. The molecular weight excluding hydrogens is 415 g/mol. The van der Waals surface area contributed by atoms with E-state index >= 15 is 0 Å². The van der Waals surface area contributed by atoms with Crippen molar-refractivity contribution in [2.45, 2.75) is 26.2 Å². The monoisotopic (exact) mass is 441 g/mol. The smallest absolute Gasteiger partial charge is 0.190 e. The zero-order valence-corrected chi connectivity index (χ0v) is 16.2. The lowest BCUT2D eigenvalue weighted by Crippen LogP contribution is -2.39. The Morgan fingerprint density at radius 3 is 2.61 bits per heavy atom. The molecule has 0 radical (unpaired) electrons. The van der Waals surface area contributed by atoms with Crippen LogP contribution in [0.3, 0.4) is 0 Å². The molecule has 0 saturated heterocycles. The van der Waals surface area contributed by atoms with Crippen LogP contribution >= 0.6 is 24.0 Å². The van der Waals surface area contributed by atoms with Gasteiger partial charge < -0.3 is 15.4 Å². The molecule has 0 amide bonds. The van der Waals surface area contributed by atoms with Gasteiger partial charge in [-0.1, -0.05) is 13.0 Å². The standard InChI is InChI=1S/C16H25F2N3O.HI/c1-4-22-9-5-8-20-16(19-3)21-11-12(2)13-6-7-14(17)15(18)10-13;/h6-7,10,12H,4-5,8-9,11H2,1-3H3,(H2,19,20,21);1H. The summed E-state index contributed by atoms with van der Waals surface area (Å²) >= 11 is 0. The van der Waals surface area contributed by atoms with Crippen LogP contribution in [0.4, 0.5) is 8.78 Å². The molecule has 2 N–H and O–H groups in total. The molecule has 0 aliphatic heterocycles. The Morgan fingerprint density at radius 2 is 2.00 bits per heavy atom. The van der Waals surface area contributed by atoms with E-state index in [1.54, 1.807) is 13.1 Å². The molecule has 0 aliphatic rings. The number of hydrogen-bond donors (Lipinski definition) is 2. The quantitative estimate of drug-likeness (QED) is 0.282. The van der Waals surface area contributed by atoms with E-state index in [9.17, 15) is 8.78 Å². The molecule has 0 saturated carbocycles. The van der Waals surface area contributed by atoms with Crippen molar-refractivity contribution in [1.82, 2.24) is 10.6 Å². The lowest BCUT2D eigenvalue weighted by Gasteiger charge is -2.16. The minimum atomic E-state index is -0.823. The van der Waals surface area contributed by atoms with Crippen LogP contribution in [-0.4, -0.2) is 39.3 Å². The maximum atomic E-state index is 13.2. The summed E-state index contributed by atoms with van der Waals surface area (Å²) in [6.07, 6.45) is 0.896. The maximum absolute atomic E-state index is 13.2. The molecule has 23 heavy (non-hydrogen) atoms. The average molecular weight is 441 g/mol. The molecule has 0 heterocycles. The Balaban J connectivity index is 0.00000484. The van der Waals surface area contributed by atoms with Crippen LogP contribution in [-0.2, 0) is 4.74 Å². The molecule has 0 aliphatic carbocycles. The van der Waals surface area contributed by atoms with Gasteiger partial charge in [0.05, 0.1) is 0 Å². The number of rotatable bonds is 8. The number of halogens is 3.